The van der Waals surface area contributed by atoms with Gasteiger partial charge in [0, 0.05) is 19.4 Å². The zero-order valence-electron chi connectivity index (χ0n) is 13.1. The minimum atomic E-state index is -0.0931. The Labute approximate surface area is 131 Å². The van der Waals surface area contributed by atoms with Gasteiger partial charge in [0.15, 0.2) is 11.5 Å². The first-order valence-corrected chi connectivity index (χ1v) is 7.08. The number of hydrogen-bond donors (Lipinski definition) is 2. The first-order valence-electron chi connectivity index (χ1n) is 7.08. The molecule has 0 heterocycles. The smallest absolute Gasteiger partial charge is 0.220 e. The first kappa shape index (κ1) is 17.6. The predicted octanol–water partition coefficient (Wildman–Crippen LogP) is 2.77. The number of carbonyl (C=O) groups is 1. The molecule has 120 valence electrons. The second-order valence-corrected chi connectivity index (χ2v) is 4.68. The van der Waals surface area contributed by atoms with E-state index in [9.17, 15) is 9.90 Å². The number of ether oxygens (including phenoxy) is 2. The van der Waals surface area contributed by atoms with E-state index < -0.39 is 0 Å². The molecule has 0 aliphatic heterocycles. The summed E-state index contributed by atoms with van der Waals surface area (Å²) in [6.07, 6.45) is 4.23. The minimum absolute atomic E-state index is 0.0931. The lowest BCUT2D eigenvalue weighted by Crippen LogP contribution is -2.25. The molecule has 0 radical (unpaired) electrons. The molecule has 2 N–H and O–H groups in total. The molecule has 0 atom stereocenters. The summed E-state index contributed by atoms with van der Waals surface area (Å²) in [5, 5.41) is 12.2. The van der Waals surface area contributed by atoms with Gasteiger partial charge in [0.2, 0.25) is 5.91 Å². The van der Waals surface area contributed by atoms with Gasteiger partial charge in [0.05, 0.1) is 20.0 Å². The van der Waals surface area contributed by atoms with Gasteiger partial charge in [-0.3, -0.25) is 4.79 Å². The van der Waals surface area contributed by atoms with Crippen LogP contribution in [0.15, 0.2) is 42.7 Å². The van der Waals surface area contributed by atoms with Crippen molar-refractivity contribution in [2.24, 2.45) is 0 Å². The lowest BCUT2D eigenvalue weighted by Gasteiger charge is -2.10. The Morgan fingerprint density at radius 3 is 2.64 bits per heavy atom. The fourth-order valence-corrected chi connectivity index (χ4v) is 1.93. The van der Waals surface area contributed by atoms with E-state index in [1.807, 2.05) is 18.2 Å². The molecule has 0 saturated carbocycles. The molecule has 22 heavy (non-hydrogen) atoms. The van der Waals surface area contributed by atoms with Crippen molar-refractivity contribution in [3.8, 4) is 11.5 Å². The molecule has 0 bridgehead atoms. The third kappa shape index (κ3) is 5.91. The molecule has 0 saturated heterocycles. The standard InChI is InChI=1S/C17H23NO4/c1-4-5-14(19)7-9-17(20)18-11-10-13-6-8-15(21-2)16(12-13)22-3/h4-6,8,12,19H,1,7,9-11H2,2-3H3,(H,18,20)/b14-5-. The highest BCUT2D eigenvalue weighted by molar-refractivity contribution is 5.76. The van der Waals surface area contributed by atoms with Crippen LogP contribution in [-0.4, -0.2) is 31.8 Å². The summed E-state index contributed by atoms with van der Waals surface area (Å²) < 4.78 is 10.4. The van der Waals surface area contributed by atoms with Gasteiger partial charge in [-0.25, -0.2) is 0 Å². The maximum atomic E-state index is 11.6. The van der Waals surface area contributed by atoms with Crippen LogP contribution in [0.5, 0.6) is 11.5 Å². The van der Waals surface area contributed by atoms with Crippen LogP contribution in [-0.2, 0) is 11.2 Å². The van der Waals surface area contributed by atoms with Crippen molar-refractivity contribution < 1.29 is 19.4 Å². The Kier molecular flexibility index (Phi) is 7.61. The summed E-state index contributed by atoms with van der Waals surface area (Å²) in [7, 11) is 3.18. The monoisotopic (exact) mass is 305 g/mol. The molecule has 0 aromatic heterocycles. The predicted molar refractivity (Wildman–Crippen MR) is 86.4 cm³/mol. The highest BCUT2D eigenvalue weighted by Crippen LogP contribution is 2.27. The van der Waals surface area contributed by atoms with Crippen molar-refractivity contribution in [2.75, 3.05) is 20.8 Å². The molecular formula is C17H23NO4. The Hall–Kier alpha value is -2.43. The molecule has 1 amide bonds. The van der Waals surface area contributed by atoms with Gasteiger partial charge in [-0.1, -0.05) is 18.7 Å². The van der Waals surface area contributed by atoms with Gasteiger partial charge < -0.3 is 19.9 Å². The Morgan fingerprint density at radius 2 is 2.00 bits per heavy atom. The van der Waals surface area contributed by atoms with Gasteiger partial charge in [-0.05, 0) is 30.2 Å². The number of rotatable bonds is 9. The molecule has 0 fully saturated rings. The zero-order chi connectivity index (χ0) is 16.4. The van der Waals surface area contributed by atoms with Crippen LogP contribution in [0.4, 0.5) is 0 Å². The van der Waals surface area contributed by atoms with E-state index in [2.05, 4.69) is 11.9 Å². The largest absolute Gasteiger partial charge is 0.512 e. The Morgan fingerprint density at radius 1 is 1.27 bits per heavy atom. The van der Waals surface area contributed by atoms with Crippen LogP contribution in [0.1, 0.15) is 18.4 Å². The topological polar surface area (TPSA) is 67.8 Å². The van der Waals surface area contributed by atoms with Crippen molar-refractivity contribution in [1.29, 1.82) is 0 Å². The maximum Gasteiger partial charge on any atom is 0.220 e. The summed E-state index contributed by atoms with van der Waals surface area (Å²) in [6, 6.07) is 5.67. The average Bonchev–Trinajstić information content (AvgIpc) is 2.53. The van der Waals surface area contributed by atoms with E-state index in [1.54, 1.807) is 14.2 Å². The molecular weight excluding hydrogens is 282 g/mol. The molecule has 0 unspecified atom stereocenters. The SMILES string of the molecule is C=C/C=C(\O)CCC(=O)NCCc1ccc(OC)c(OC)c1. The maximum absolute atomic E-state index is 11.6. The first-order chi connectivity index (χ1) is 10.6. The summed E-state index contributed by atoms with van der Waals surface area (Å²) in [5.74, 6) is 1.42. The third-order valence-electron chi connectivity index (χ3n) is 3.10. The van der Waals surface area contributed by atoms with Crippen LogP contribution in [0.25, 0.3) is 0 Å². The number of amides is 1. The molecule has 1 aromatic carbocycles. The van der Waals surface area contributed by atoms with Gasteiger partial charge in [0.25, 0.3) is 0 Å². The van der Waals surface area contributed by atoms with E-state index in [-0.39, 0.29) is 18.1 Å². The zero-order valence-corrected chi connectivity index (χ0v) is 13.1. The summed E-state index contributed by atoms with van der Waals surface area (Å²) in [4.78, 5) is 11.6. The van der Waals surface area contributed by atoms with Crippen LogP contribution in [0.3, 0.4) is 0 Å². The van der Waals surface area contributed by atoms with Crippen LogP contribution in [0.2, 0.25) is 0 Å². The molecule has 5 nitrogen and oxygen atoms in total. The van der Waals surface area contributed by atoms with E-state index in [1.165, 1.54) is 12.2 Å². The van der Waals surface area contributed by atoms with Gasteiger partial charge in [-0.15, -0.1) is 0 Å². The Bertz CT molecular complexity index is 537. The molecule has 1 aromatic rings. The minimum Gasteiger partial charge on any atom is -0.512 e. The second kappa shape index (κ2) is 9.50. The average molecular weight is 305 g/mol. The second-order valence-electron chi connectivity index (χ2n) is 4.68. The van der Waals surface area contributed by atoms with Crippen LogP contribution < -0.4 is 14.8 Å². The van der Waals surface area contributed by atoms with Crippen molar-refractivity contribution in [2.45, 2.75) is 19.3 Å². The molecule has 5 heteroatoms. The van der Waals surface area contributed by atoms with E-state index in [4.69, 9.17) is 9.47 Å². The number of aliphatic hydroxyl groups is 1. The van der Waals surface area contributed by atoms with Crippen molar-refractivity contribution in [1.82, 2.24) is 5.32 Å². The summed E-state index contributed by atoms with van der Waals surface area (Å²) in [6.45, 7) is 4.01. The van der Waals surface area contributed by atoms with Gasteiger partial charge in [0.1, 0.15) is 0 Å². The molecule has 0 aliphatic rings. The fourth-order valence-electron chi connectivity index (χ4n) is 1.93. The van der Waals surface area contributed by atoms with Crippen molar-refractivity contribution >= 4 is 5.91 Å². The molecule has 0 spiro atoms. The van der Waals surface area contributed by atoms with Crippen LogP contribution >= 0.6 is 0 Å². The summed E-state index contributed by atoms with van der Waals surface area (Å²) >= 11 is 0. The number of hydrogen-bond acceptors (Lipinski definition) is 4. The number of carbonyl (C=O) groups excluding carboxylic acids is 1. The highest BCUT2D eigenvalue weighted by Gasteiger charge is 2.06. The normalized spacial score (nSPS) is 10.9. The van der Waals surface area contributed by atoms with E-state index >= 15 is 0 Å². The number of nitrogens with one attached hydrogen (secondary N) is 1. The van der Waals surface area contributed by atoms with Gasteiger partial charge in [-0.2, -0.15) is 0 Å². The number of benzene rings is 1. The van der Waals surface area contributed by atoms with Gasteiger partial charge >= 0.3 is 0 Å². The summed E-state index contributed by atoms with van der Waals surface area (Å²) in [5.41, 5.74) is 1.05. The lowest BCUT2D eigenvalue weighted by atomic mass is 10.1. The lowest BCUT2D eigenvalue weighted by molar-refractivity contribution is -0.121. The van der Waals surface area contributed by atoms with E-state index in [0.29, 0.717) is 30.9 Å². The van der Waals surface area contributed by atoms with Crippen molar-refractivity contribution in [3.63, 3.8) is 0 Å². The van der Waals surface area contributed by atoms with Crippen LogP contribution in [0, 0.1) is 0 Å². The molecule has 0 aliphatic carbocycles. The third-order valence-corrected chi connectivity index (χ3v) is 3.10. The number of aliphatic hydroxyl groups excluding tert-OH is 1. The van der Waals surface area contributed by atoms with E-state index in [0.717, 1.165) is 5.56 Å². The molecule has 1 rings (SSSR count). The quantitative estimate of drug-likeness (QED) is 0.544. The Balaban J connectivity index is 2.39. The number of allylic oxidation sites excluding steroid dienone is 3. The highest BCUT2D eigenvalue weighted by atomic mass is 16.5. The fraction of sp³-hybridized carbons (Fsp3) is 0.353. The number of methoxy groups -OCH3 is 2. The van der Waals surface area contributed by atoms with Crippen molar-refractivity contribution in [3.05, 3.63) is 48.3 Å².